The van der Waals surface area contributed by atoms with Crippen molar-refractivity contribution in [2.45, 2.75) is 19.4 Å². The summed E-state index contributed by atoms with van der Waals surface area (Å²) in [6, 6.07) is 7.29. The van der Waals surface area contributed by atoms with E-state index in [1.807, 2.05) is 25.1 Å². The van der Waals surface area contributed by atoms with E-state index in [1.165, 1.54) is 0 Å². The second-order valence-electron chi connectivity index (χ2n) is 5.44. The molecule has 0 saturated carbocycles. The highest BCUT2D eigenvalue weighted by Gasteiger charge is 2.18. The first-order valence-corrected chi connectivity index (χ1v) is 8.11. The number of nitrogens with zero attached hydrogens (tertiary/aromatic N) is 1. The summed E-state index contributed by atoms with van der Waals surface area (Å²) in [5, 5.41) is 2.95. The predicted molar refractivity (Wildman–Crippen MR) is 88.0 cm³/mol. The number of hydrogen-bond acceptors (Lipinski definition) is 5. The van der Waals surface area contributed by atoms with E-state index in [4.69, 9.17) is 14.2 Å². The summed E-state index contributed by atoms with van der Waals surface area (Å²) in [6.45, 7) is 6.78. The van der Waals surface area contributed by atoms with Crippen LogP contribution in [0.3, 0.4) is 0 Å². The summed E-state index contributed by atoms with van der Waals surface area (Å²) < 4.78 is 16.3. The zero-order chi connectivity index (χ0) is 16.5. The fraction of sp³-hybridized carbons (Fsp3) is 0.588. The van der Waals surface area contributed by atoms with Crippen molar-refractivity contribution < 1.29 is 19.0 Å². The van der Waals surface area contributed by atoms with Gasteiger partial charge in [-0.15, -0.1) is 0 Å². The smallest absolute Gasteiger partial charge is 0.261 e. The topological polar surface area (TPSA) is 60.0 Å². The van der Waals surface area contributed by atoms with Crippen molar-refractivity contribution in [2.24, 2.45) is 0 Å². The van der Waals surface area contributed by atoms with Gasteiger partial charge in [0.2, 0.25) is 0 Å². The second kappa shape index (κ2) is 9.37. The van der Waals surface area contributed by atoms with Crippen LogP contribution in [0.25, 0.3) is 0 Å². The van der Waals surface area contributed by atoms with Crippen LogP contribution >= 0.6 is 0 Å². The molecule has 0 radical (unpaired) electrons. The first-order valence-electron chi connectivity index (χ1n) is 8.11. The van der Waals surface area contributed by atoms with E-state index in [0.29, 0.717) is 24.5 Å². The van der Waals surface area contributed by atoms with Gasteiger partial charge >= 0.3 is 0 Å². The molecule has 1 amide bonds. The van der Waals surface area contributed by atoms with Crippen molar-refractivity contribution in [3.8, 4) is 11.5 Å². The van der Waals surface area contributed by atoms with Gasteiger partial charge in [0.1, 0.15) is 11.5 Å². The van der Waals surface area contributed by atoms with Crippen molar-refractivity contribution in [1.29, 1.82) is 0 Å². The quantitative estimate of drug-likeness (QED) is 0.782. The Hall–Kier alpha value is -1.79. The zero-order valence-corrected chi connectivity index (χ0v) is 13.9. The molecule has 1 aromatic carbocycles. The molecule has 6 heteroatoms. The highest BCUT2D eigenvalue weighted by atomic mass is 16.5. The number of methoxy groups -OCH3 is 1. The molecular formula is C17H26N2O4. The van der Waals surface area contributed by atoms with Crippen LogP contribution in [0.2, 0.25) is 0 Å². The summed E-state index contributed by atoms with van der Waals surface area (Å²) in [5.74, 6) is 1.27. The molecule has 23 heavy (non-hydrogen) atoms. The lowest BCUT2D eigenvalue weighted by molar-refractivity contribution is -0.128. The maximum Gasteiger partial charge on any atom is 0.261 e. The largest absolute Gasteiger partial charge is 0.497 e. The van der Waals surface area contributed by atoms with E-state index in [0.717, 1.165) is 32.8 Å². The van der Waals surface area contributed by atoms with Crippen LogP contribution in [-0.2, 0) is 9.53 Å². The molecular weight excluding hydrogens is 296 g/mol. The molecule has 0 aromatic heterocycles. The molecule has 2 rings (SSSR count). The Morgan fingerprint density at radius 1 is 1.35 bits per heavy atom. The van der Waals surface area contributed by atoms with Gasteiger partial charge in [0, 0.05) is 32.2 Å². The zero-order valence-electron chi connectivity index (χ0n) is 13.9. The molecule has 1 heterocycles. The summed E-state index contributed by atoms with van der Waals surface area (Å²) in [5.41, 5.74) is 0. The van der Waals surface area contributed by atoms with Gasteiger partial charge in [0.05, 0.1) is 20.3 Å². The van der Waals surface area contributed by atoms with Gasteiger partial charge < -0.3 is 19.5 Å². The third-order valence-electron chi connectivity index (χ3n) is 3.81. The normalized spacial score (nSPS) is 16.6. The minimum Gasteiger partial charge on any atom is -0.497 e. The maximum atomic E-state index is 12.3. The molecule has 1 atom stereocenters. The van der Waals surface area contributed by atoms with Crippen molar-refractivity contribution in [1.82, 2.24) is 10.2 Å². The minimum absolute atomic E-state index is 0.0800. The van der Waals surface area contributed by atoms with Crippen molar-refractivity contribution >= 4 is 5.91 Å². The number of amides is 1. The summed E-state index contributed by atoms with van der Waals surface area (Å²) in [6.07, 6.45) is 0.118. The molecule has 1 saturated heterocycles. The number of ether oxygens (including phenoxy) is 3. The number of carbonyl (C=O) groups is 1. The second-order valence-corrected chi connectivity index (χ2v) is 5.44. The highest BCUT2D eigenvalue weighted by molar-refractivity contribution is 5.81. The molecule has 6 nitrogen and oxygen atoms in total. The minimum atomic E-state index is -0.494. The maximum absolute atomic E-state index is 12.3. The summed E-state index contributed by atoms with van der Waals surface area (Å²) in [7, 11) is 1.61. The van der Waals surface area contributed by atoms with Crippen LogP contribution in [0.4, 0.5) is 0 Å². The standard InChI is InChI=1S/C17H26N2O4/c1-3-16(23-15-6-4-5-14(13-15)21-2)17(20)18-7-8-19-9-11-22-12-10-19/h4-6,13,16H,3,7-12H2,1-2H3,(H,18,20). The van der Waals surface area contributed by atoms with E-state index < -0.39 is 6.10 Å². The van der Waals surface area contributed by atoms with Crippen molar-refractivity contribution in [3.05, 3.63) is 24.3 Å². The lowest BCUT2D eigenvalue weighted by Gasteiger charge is -2.26. The van der Waals surface area contributed by atoms with Gasteiger partial charge in [0.15, 0.2) is 6.10 Å². The van der Waals surface area contributed by atoms with E-state index >= 15 is 0 Å². The Morgan fingerprint density at radius 3 is 2.78 bits per heavy atom. The summed E-state index contributed by atoms with van der Waals surface area (Å²) in [4.78, 5) is 14.5. The number of morpholine rings is 1. The Morgan fingerprint density at radius 2 is 2.09 bits per heavy atom. The third kappa shape index (κ3) is 5.73. The van der Waals surface area contributed by atoms with E-state index in [1.54, 1.807) is 13.2 Å². The predicted octanol–water partition coefficient (Wildman–Crippen LogP) is 1.30. The Labute approximate surface area is 137 Å². The molecule has 0 aliphatic carbocycles. The molecule has 1 N–H and O–H groups in total. The molecule has 1 aliphatic rings. The lowest BCUT2D eigenvalue weighted by atomic mass is 10.2. The third-order valence-corrected chi connectivity index (χ3v) is 3.81. The first kappa shape index (κ1) is 17.6. The van der Waals surface area contributed by atoms with Crippen LogP contribution in [0.15, 0.2) is 24.3 Å². The van der Waals surface area contributed by atoms with Crippen LogP contribution in [-0.4, -0.2) is 63.4 Å². The van der Waals surface area contributed by atoms with Gasteiger partial charge in [-0.25, -0.2) is 0 Å². The van der Waals surface area contributed by atoms with Crippen LogP contribution < -0.4 is 14.8 Å². The van der Waals surface area contributed by atoms with Gasteiger partial charge in [-0.05, 0) is 18.6 Å². The molecule has 1 fully saturated rings. The van der Waals surface area contributed by atoms with Crippen LogP contribution in [0, 0.1) is 0 Å². The average molecular weight is 322 g/mol. The lowest BCUT2D eigenvalue weighted by Crippen LogP contribution is -2.44. The van der Waals surface area contributed by atoms with Gasteiger partial charge in [-0.3, -0.25) is 9.69 Å². The van der Waals surface area contributed by atoms with Crippen LogP contribution in [0.5, 0.6) is 11.5 Å². The van der Waals surface area contributed by atoms with Gasteiger partial charge in [-0.1, -0.05) is 13.0 Å². The fourth-order valence-corrected chi connectivity index (χ4v) is 2.44. The van der Waals surface area contributed by atoms with Gasteiger partial charge in [0.25, 0.3) is 5.91 Å². The Kier molecular flexibility index (Phi) is 7.16. The number of benzene rings is 1. The molecule has 0 bridgehead atoms. The number of nitrogens with one attached hydrogen (secondary N) is 1. The van der Waals surface area contributed by atoms with E-state index in [2.05, 4.69) is 10.2 Å². The number of carbonyl (C=O) groups excluding carboxylic acids is 1. The monoisotopic (exact) mass is 322 g/mol. The molecule has 0 spiro atoms. The van der Waals surface area contributed by atoms with Crippen molar-refractivity contribution in [3.63, 3.8) is 0 Å². The van der Waals surface area contributed by atoms with Crippen LogP contribution in [0.1, 0.15) is 13.3 Å². The molecule has 1 aromatic rings. The Balaban J connectivity index is 1.78. The molecule has 128 valence electrons. The highest BCUT2D eigenvalue weighted by Crippen LogP contribution is 2.20. The summed E-state index contributed by atoms with van der Waals surface area (Å²) >= 11 is 0. The van der Waals surface area contributed by atoms with E-state index in [-0.39, 0.29) is 5.91 Å². The SMILES string of the molecule is CCC(Oc1cccc(OC)c1)C(=O)NCCN1CCOCC1. The first-order chi connectivity index (χ1) is 11.2. The number of rotatable bonds is 8. The van der Waals surface area contributed by atoms with Gasteiger partial charge in [-0.2, -0.15) is 0 Å². The molecule has 1 unspecified atom stereocenters. The number of hydrogen-bond donors (Lipinski definition) is 1. The Bertz CT molecular complexity index is 489. The van der Waals surface area contributed by atoms with Crippen molar-refractivity contribution in [2.75, 3.05) is 46.5 Å². The molecule has 1 aliphatic heterocycles. The van der Waals surface area contributed by atoms with E-state index in [9.17, 15) is 4.79 Å². The fourth-order valence-electron chi connectivity index (χ4n) is 2.44. The average Bonchev–Trinajstić information content (AvgIpc) is 2.60.